The molecule has 2 aromatic carbocycles. The summed E-state index contributed by atoms with van der Waals surface area (Å²) in [5, 5.41) is 7.24. The first-order valence-electron chi connectivity index (χ1n) is 8.91. The summed E-state index contributed by atoms with van der Waals surface area (Å²) in [4.78, 5) is 0. The number of benzene rings is 2. The van der Waals surface area contributed by atoms with Crippen molar-refractivity contribution in [2.45, 2.75) is 25.8 Å². The molecule has 4 nitrogen and oxygen atoms in total. The van der Waals surface area contributed by atoms with Gasteiger partial charge in [0.15, 0.2) is 0 Å². The number of hydrazone groups is 1. The van der Waals surface area contributed by atoms with Gasteiger partial charge in [0.1, 0.15) is 11.5 Å². The lowest BCUT2D eigenvalue weighted by Crippen LogP contribution is -2.28. The Balaban J connectivity index is 1.73. The Bertz CT molecular complexity index is 798. The van der Waals surface area contributed by atoms with Crippen LogP contribution >= 0.6 is 0 Å². The van der Waals surface area contributed by atoms with E-state index in [0.717, 1.165) is 30.9 Å². The van der Waals surface area contributed by atoms with E-state index in [9.17, 15) is 0 Å². The molecule has 4 rings (SSSR count). The minimum atomic E-state index is 0.297. The number of nitrogens with zero attached hydrogens (tertiary/aromatic N) is 2. The van der Waals surface area contributed by atoms with Crippen LogP contribution in [0.15, 0.2) is 47.6 Å². The summed E-state index contributed by atoms with van der Waals surface area (Å²) in [6, 6.07) is 15.1. The molecule has 0 fully saturated rings. The molecule has 2 aliphatic rings. The van der Waals surface area contributed by atoms with E-state index in [1.165, 1.54) is 22.4 Å². The SMILES string of the molecule is CCN1N=C2c3cc(OC)ccc3CC[C@@H]2[C@@H]1c1ccc(OC)cc1. The first-order valence-corrected chi connectivity index (χ1v) is 8.91. The number of rotatable bonds is 4. The average Bonchev–Trinajstić information content (AvgIpc) is 3.06. The lowest BCUT2D eigenvalue weighted by atomic mass is 9.77. The normalized spacial score (nSPS) is 21.4. The second-order valence-corrected chi connectivity index (χ2v) is 6.63. The van der Waals surface area contributed by atoms with Gasteiger partial charge in [-0.05, 0) is 55.2 Å². The number of hydrogen-bond donors (Lipinski definition) is 0. The zero-order valence-electron chi connectivity index (χ0n) is 15.0. The van der Waals surface area contributed by atoms with Crippen molar-refractivity contribution in [3.05, 3.63) is 59.2 Å². The number of fused-ring (bicyclic) bond motifs is 3. The highest BCUT2D eigenvalue weighted by atomic mass is 16.5. The van der Waals surface area contributed by atoms with Crippen molar-refractivity contribution >= 4 is 5.71 Å². The summed E-state index contributed by atoms with van der Waals surface area (Å²) in [6.45, 7) is 3.07. The molecule has 2 atom stereocenters. The largest absolute Gasteiger partial charge is 0.497 e. The number of hydrogen-bond acceptors (Lipinski definition) is 4. The molecule has 0 radical (unpaired) electrons. The summed E-state index contributed by atoms with van der Waals surface area (Å²) < 4.78 is 10.7. The van der Waals surface area contributed by atoms with Crippen LogP contribution in [-0.4, -0.2) is 31.5 Å². The van der Waals surface area contributed by atoms with Crippen molar-refractivity contribution in [2.24, 2.45) is 11.0 Å². The summed E-state index contributed by atoms with van der Waals surface area (Å²) in [5.41, 5.74) is 5.15. The summed E-state index contributed by atoms with van der Waals surface area (Å²) in [6.07, 6.45) is 2.22. The second-order valence-electron chi connectivity index (χ2n) is 6.63. The molecule has 0 aromatic heterocycles. The minimum Gasteiger partial charge on any atom is -0.497 e. The highest BCUT2D eigenvalue weighted by Crippen LogP contribution is 2.43. The third kappa shape index (κ3) is 2.66. The Morgan fingerprint density at radius 2 is 1.76 bits per heavy atom. The van der Waals surface area contributed by atoms with E-state index < -0.39 is 0 Å². The molecular weight excluding hydrogens is 312 g/mol. The Labute approximate surface area is 149 Å². The van der Waals surface area contributed by atoms with Gasteiger partial charge >= 0.3 is 0 Å². The van der Waals surface area contributed by atoms with Crippen LogP contribution in [0.5, 0.6) is 11.5 Å². The van der Waals surface area contributed by atoms with Gasteiger partial charge in [0.2, 0.25) is 0 Å². The van der Waals surface area contributed by atoms with Crippen LogP contribution in [-0.2, 0) is 6.42 Å². The predicted octanol–water partition coefficient (Wildman–Crippen LogP) is 4.05. The molecule has 0 saturated carbocycles. The van der Waals surface area contributed by atoms with E-state index in [1.807, 2.05) is 18.2 Å². The van der Waals surface area contributed by atoms with Crippen molar-refractivity contribution in [1.29, 1.82) is 0 Å². The minimum absolute atomic E-state index is 0.297. The molecule has 0 saturated heterocycles. The molecule has 0 N–H and O–H groups in total. The van der Waals surface area contributed by atoms with E-state index in [-0.39, 0.29) is 0 Å². The van der Waals surface area contributed by atoms with Crippen molar-refractivity contribution in [3.8, 4) is 11.5 Å². The molecular formula is C21H24N2O2. The molecule has 0 bridgehead atoms. The molecule has 1 aliphatic carbocycles. The maximum atomic E-state index is 5.44. The maximum Gasteiger partial charge on any atom is 0.119 e. The fourth-order valence-electron chi connectivity index (χ4n) is 4.10. The van der Waals surface area contributed by atoms with Gasteiger partial charge in [-0.15, -0.1) is 0 Å². The number of ether oxygens (including phenoxy) is 2. The quantitative estimate of drug-likeness (QED) is 0.845. The Morgan fingerprint density at radius 1 is 1.04 bits per heavy atom. The van der Waals surface area contributed by atoms with Crippen LogP contribution in [0.3, 0.4) is 0 Å². The van der Waals surface area contributed by atoms with Crippen LogP contribution in [0.2, 0.25) is 0 Å². The van der Waals surface area contributed by atoms with Gasteiger partial charge in [-0.2, -0.15) is 5.10 Å². The van der Waals surface area contributed by atoms with Crippen molar-refractivity contribution in [2.75, 3.05) is 20.8 Å². The molecule has 4 heteroatoms. The van der Waals surface area contributed by atoms with E-state index in [4.69, 9.17) is 14.6 Å². The van der Waals surface area contributed by atoms with Crippen LogP contribution in [0.4, 0.5) is 0 Å². The summed E-state index contributed by atoms with van der Waals surface area (Å²) in [7, 11) is 3.42. The topological polar surface area (TPSA) is 34.1 Å². The van der Waals surface area contributed by atoms with Gasteiger partial charge in [-0.1, -0.05) is 18.2 Å². The summed E-state index contributed by atoms with van der Waals surface area (Å²) in [5.74, 6) is 2.22. The van der Waals surface area contributed by atoms with Gasteiger partial charge in [0.05, 0.1) is 26.0 Å². The Morgan fingerprint density at radius 3 is 2.44 bits per heavy atom. The molecule has 130 valence electrons. The molecule has 0 spiro atoms. The standard InChI is InChI=1S/C21H24N2O2/c1-4-23-21(15-6-9-16(24-2)10-7-15)18-12-8-14-5-11-17(25-3)13-19(14)20(18)22-23/h5-7,9-11,13,18,21H,4,8,12H2,1-3H3/t18-,21-/m0/s1. The third-order valence-electron chi connectivity index (χ3n) is 5.39. The van der Waals surface area contributed by atoms with E-state index in [1.54, 1.807) is 14.2 Å². The Hall–Kier alpha value is -2.49. The molecule has 0 unspecified atom stereocenters. The third-order valence-corrected chi connectivity index (χ3v) is 5.39. The fourth-order valence-corrected chi connectivity index (χ4v) is 4.10. The molecule has 25 heavy (non-hydrogen) atoms. The fraction of sp³-hybridized carbons (Fsp3) is 0.381. The molecule has 1 heterocycles. The van der Waals surface area contributed by atoms with Crippen LogP contribution in [0, 0.1) is 5.92 Å². The second kappa shape index (κ2) is 6.43. The van der Waals surface area contributed by atoms with Gasteiger partial charge in [0, 0.05) is 18.0 Å². The number of methoxy groups -OCH3 is 2. The highest BCUT2D eigenvalue weighted by Gasteiger charge is 2.40. The Kier molecular flexibility index (Phi) is 4.12. The van der Waals surface area contributed by atoms with Crippen LogP contribution in [0.1, 0.15) is 36.1 Å². The first-order chi connectivity index (χ1) is 12.2. The van der Waals surface area contributed by atoms with E-state index in [0.29, 0.717) is 12.0 Å². The zero-order valence-corrected chi connectivity index (χ0v) is 15.0. The van der Waals surface area contributed by atoms with Crippen molar-refractivity contribution in [3.63, 3.8) is 0 Å². The smallest absolute Gasteiger partial charge is 0.119 e. The lowest BCUT2D eigenvalue weighted by molar-refractivity contribution is 0.208. The predicted molar refractivity (Wildman–Crippen MR) is 99.5 cm³/mol. The van der Waals surface area contributed by atoms with Crippen molar-refractivity contribution in [1.82, 2.24) is 5.01 Å². The monoisotopic (exact) mass is 336 g/mol. The average molecular weight is 336 g/mol. The van der Waals surface area contributed by atoms with E-state index in [2.05, 4.69) is 36.2 Å². The maximum absolute atomic E-state index is 5.44. The van der Waals surface area contributed by atoms with Gasteiger partial charge in [-0.25, -0.2) is 0 Å². The molecule has 0 amide bonds. The van der Waals surface area contributed by atoms with Gasteiger partial charge in [-0.3, -0.25) is 5.01 Å². The summed E-state index contributed by atoms with van der Waals surface area (Å²) >= 11 is 0. The lowest BCUT2D eigenvalue weighted by Gasteiger charge is -2.30. The van der Waals surface area contributed by atoms with Gasteiger partial charge in [0.25, 0.3) is 0 Å². The van der Waals surface area contributed by atoms with Crippen LogP contribution in [0.25, 0.3) is 0 Å². The zero-order chi connectivity index (χ0) is 17.4. The highest BCUT2D eigenvalue weighted by molar-refractivity contribution is 6.06. The van der Waals surface area contributed by atoms with Crippen LogP contribution < -0.4 is 9.47 Å². The molecule has 1 aliphatic heterocycles. The van der Waals surface area contributed by atoms with Gasteiger partial charge < -0.3 is 9.47 Å². The van der Waals surface area contributed by atoms with Crippen molar-refractivity contribution < 1.29 is 9.47 Å². The molecule has 2 aromatic rings. The van der Waals surface area contributed by atoms with E-state index >= 15 is 0 Å². The number of aryl methyl sites for hydroxylation is 1. The first kappa shape index (κ1) is 16.0.